The lowest BCUT2D eigenvalue weighted by Crippen LogP contribution is -2.37. The molecule has 0 bridgehead atoms. The lowest BCUT2D eigenvalue weighted by atomic mass is 9.70. The second-order valence-corrected chi connectivity index (χ2v) is 7.49. The predicted octanol–water partition coefficient (Wildman–Crippen LogP) is 4.95. The van der Waals surface area contributed by atoms with Crippen LogP contribution in [0.4, 0.5) is 5.13 Å². The smallest absolute Gasteiger partial charge is 0.232 e. The van der Waals surface area contributed by atoms with E-state index in [2.05, 4.69) is 22.4 Å². The first-order valence-corrected chi connectivity index (χ1v) is 9.31. The fraction of sp³-hybridized carbons (Fsp3) is 0.238. The molecule has 4 nitrogen and oxygen atoms in total. The molecule has 2 aromatic carbocycles. The van der Waals surface area contributed by atoms with Crippen LogP contribution in [-0.2, 0) is 4.79 Å². The monoisotopic (exact) mass is 366 g/mol. The molecule has 0 radical (unpaired) electrons. The van der Waals surface area contributed by atoms with Gasteiger partial charge in [-0.05, 0) is 11.6 Å². The summed E-state index contributed by atoms with van der Waals surface area (Å²) in [6.07, 6.45) is 1.68. The van der Waals surface area contributed by atoms with Crippen molar-refractivity contribution in [2.24, 2.45) is 5.41 Å². The molecular formula is C21H22N2O2S. The number of thiazole rings is 1. The Morgan fingerprint density at radius 3 is 2.46 bits per heavy atom. The highest BCUT2D eigenvalue weighted by Crippen LogP contribution is 2.44. The van der Waals surface area contributed by atoms with Crippen LogP contribution in [0.5, 0.6) is 5.75 Å². The minimum absolute atomic E-state index is 0.0767. The van der Waals surface area contributed by atoms with Crippen LogP contribution >= 0.6 is 11.3 Å². The molecule has 3 aromatic rings. The Bertz CT molecular complexity index is 861. The van der Waals surface area contributed by atoms with E-state index in [-0.39, 0.29) is 11.8 Å². The number of methoxy groups -OCH3 is 1. The third kappa shape index (κ3) is 3.63. The number of ether oxygens (including phenoxy) is 1. The molecule has 1 N–H and O–H groups in total. The number of aromatic nitrogens is 1. The molecule has 26 heavy (non-hydrogen) atoms. The summed E-state index contributed by atoms with van der Waals surface area (Å²) in [5.41, 5.74) is 1.33. The Hall–Kier alpha value is -2.66. The van der Waals surface area contributed by atoms with Gasteiger partial charge in [0.15, 0.2) is 5.13 Å². The molecule has 0 saturated carbocycles. The molecule has 0 aliphatic rings. The highest BCUT2D eigenvalue weighted by molar-refractivity contribution is 7.13. The molecule has 1 aromatic heterocycles. The van der Waals surface area contributed by atoms with Crippen molar-refractivity contribution in [2.45, 2.75) is 19.8 Å². The molecule has 0 aliphatic carbocycles. The Kier molecular flexibility index (Phi) is 5.38. The quantitative estimate of drug-likeness (QED) is 0.672. The average molecular weight is 366 g/mol. The number of amides is 1. The van der Waals surface area contributed by atoms with E-state index < -0.39 is 5.41 Å². The highest BCUT2D eigenvalue weighted by atomic mass is 32.1. The van der Waals surface area contributed by atoms with Crippen molar-refractivity contribution in [1.82, 2.24) is 4.98 Å². The van der Waals surface area contributed by atoms with Gasteiger partial charge in [0.1, 0.15) is 5.75 Å². The van der Waals surface area contributed by atoms with Gasteiger partial charge < -0.3 is 10.1 Å². The number of para-hydroxylation sites is 1. The number of hydrogen-bond acceptors (Lipinski definition) is 4. The standard InChI is InChI=1S/C21H22N2O2S/c1-21(2,19(24)23-20-22-13-14-26-20)18(15-9-5-4-6-10-15)16-11-7-8-12-17(16)25-3/h4-14,18H,1-3H3,(H,22,23,24). The molecule has 0 fully saturated rings. The summed E-state index contributed by atoms with van der Waals surface area (Å²) in [6.45, 7) is 3.92. The van der Waals surface area contributed by atoms with Crippen molar-refractivity contribution in [2.75, 3.05) is 12.4 Å². The van der Waals surface area contributed by atoms with Crippen LogP contribution < -0.4 is 10.1 Å². The number of carbonyl (C=O) groups is 1. The largest absolute Gasteiger partial charge is 0.496 e. The van der Waals surface area contributed by atoms with Crippen molar-refractivity contribution in [3.63, 3.8) is 0 Å². The summed E-state index contributed by atoms with van der Waals surface area (Å²) in [5, 5.41) is 5.40. The zero-order valence-corrected chi connectivity index (χ0v) is 15.9. The van der Waals surface area contributed by atoms with E-state index in [0.717, 1.165) is 16.9 Å². The fourth-order valence-corrected chi connectivity index (χ4v) is 3.73. The maximum absolute atomic E-state index is 13.1. The van der Waals surface area contributed by atoms with Crippen molar-refractivity contribution in [3.8, 4) is 5.75 Å². The normalized spacial score (nSPS) is 12.4. The van der Waals surface area contributed by atoms with Gasteiger partial charge in [0.05, 0.1) is 12.5 Å². The van der Waals surface area contributed by atoms with E-state index in [1.165, 1.54) is 11.3 Å². The number of carbonyl (C=O) groups excluding carboxylic acids is 1. The molecule has 1 atom stereocenters. The molecule has 0 aliphatic heterocycles. The molecule has 1 unspecified atom stereocenters. The summed E-state index contributed by atoms with van der Waals surface area (Å²) >= 11 is 1.41. The molecule has 0 saturated heterocycles. The van der Waals surface area contributed by atoms with E-state index in [0.29, 0.717) is 5.13 Å². The zero-order valence-electron chi connectivity index (χ0n) is 15.1. The van der Waals surface area contributed by atoms with Gasteiger partial charge in [-0.15, -0.1) is 11.3 Å². The molecule has 0 spiro atoms. The first-order valence-electron chi connectivity index (χ1n) is 8.43. The summed E-state index contributed by atoms with van der Waals surface area (Å²) in [5.74, 6) is 0.531. The summed E-state index contributed by atoms with van der Waals surface area (Å²) in [4.78, 5) is 17.3. The van der Waals surface area contributed by atoms with Crippen LogP contribution in [0.15, 0.2) is 66.2 Å². The molecule has 1 heterocycles. The summed E-state index contributed by atoms with van der Waals surface area (Å²) < 4.78 is 5.59. The molecule has 3 rings (SSSR count). The topological polar surface area (TPSA) is 51.2 Å². The van der Waals surface area contributed by atoms with Crippen LogP contribution in [0.3, 0.4) is 0 Å². The summed E-state index contributed by atoms with van der Waals surface area (Å²) in [7, 11) is 1.66. The van der Waals surface area contributed by atoms with Crippen LogP contribution in [-0.4, -0.2) is 18.0 Å². The number of anilines is 1. The van der Waals surface area contributed by atoms with Gasteiger partial charge in [-0.25, -0.2) is 4.98 Å². The molecule has 1 amide bonds. The Labute approximate surface area is 157 Å². The Balaban J connectivity index is 2.06. The third-order valence-electron chi connectivity index (χ3n) is 4.54. The van der Waals surface area contributed by atoms with E-state index in [9.17, 15) is 4.79 Å². The first kappa shape index (κ1) is 18.1. The van der Waals surface area contributed by atoms with Gasteiger partial charge in [-0.1, -0.05) is 62.4 Å². The van der Waals surface area contributed by atoms with Gasteiger partial charge >= 0.3 is 0 Å². The second kappa shape index (κ2) is 7.70. The highest BCUT2D eigenvalue weighted by Gasteiger charge is 2.40. The van der Waals surface area contributed by atoms with E-state index in [1.54, 1.807) is 13.3 Å². The van der Waals surface area contributed by atoms with Gasteiger partial charge in [-0.3, -0.25) is 4.79 Å². The number of rotatable bonds is 6. The van der Waals surface area contributed by atoms with Gasteiger partial charge in [0, 0.05) is 23.1 Å². The van der Waals surface area contributed by atoms with Crippen molar-refractivity contribution in [1.29, 1.82) is 0 Å². The lowest BCUT2D eigenvalue weighted by Gasteiger charge is -2.34. The van der Waals surface area contributed by atoms with E-state index in [4.69, 9.17) is 4.74 Å². The SMILES string of the molecule is COc1ccccc1C(c1ccccc1)C(C)(C)C(=O)Nc1nccs1. The van der Waals surface area contributed by atoms with Crippen molar-refractivity contribution < 1.29 is 9.53 Å². The van der Waals surface area contributed by atoms with Gasteiger partial charge in [0.2, 0.25) is 5.91 Å². The Morgan fingerprint density at radius 1 is 1.12 bits per heavy atom. The maximum Gasteiger partial charge on any atom is 0.232 e. The zero-order chi connectivity index (χ0) is 18.6. The van der Waals surface area contributed by atoms with Crippen LogP contribution in [0.1, 0.15) is 30.9 Å². The third-order valence-corrected chi connectivity index (χ3v) is 5.23. The lowest BCUT2D eigenvalue weighted by molar-refractivity contribution is -0.124. The van der Waals surface area contributed by atoms with E-state index in [1.807, 2.05) is 61.7 Å². The Morgan fingerprint density at radius 2 is 1.81 bits per heavy atom. The average Bonchev–Trinajstić information content (AvgIpc) is 3.16. The van der Waals surface area contributed by atoms with Crippen LogP contribution in [0, 0.1) is 5.41 Å². The van der Waals surface area contributed by atoms with Gasteiger partial charge in [0.25, 0.3) is 0 Å². The fourth-order valence-electron chi connectivity index (χ4n) is 3.21. The number of hydrogen-bond donors (Lipinski definition) is 1. The minimum Gasteiger partial charge on any atom is -0.496 e. The predicted molar refractivity (Wildman–Crippen MR) is 106 cm³/mol. The number of nitrogens with zero attached hydrogens (tertiary/aromatic N) is 1. The number of nitrogens with one attached hydrogen (secondary N) is 1. The van der Waals surface area contributed by atoms with E-state index >= 15 is 0 Å². The van der Waals surface area contributed by atoms with Crippen LogP contribution in [0.25, 0.3) is 0 Å². The van der Waals surface area contributed by atoms with Gasteiger partial charge in [-0.2, -0.15) is 0 Å². The molecule has 134 valence electrons. The molecular weight excluding hydrogens is 344 g/mol. The minimum atomic E-state index is -0.721. The second-order valence-electron chi connectivity index (χ2n) is 6.60. The van der Waals surface area contributed by atoms with Crippen molar-refractivity contribution >= 4 is 22.4 Å². The first-order chi connectivity index (χ1) is 12.5. The maximum atomic E-state index is 13.1. The van der Waals surface area contributed by atoms with Crippen molar-refractivity contribution in [3.05, 3.63) is 77.3 Å². The molecule has 5 heteroatoms. The number of benzene rings is 2. The summed E-state index contributed by atoms with van der Waals surface area (Å²) in [6, 6.07) is 17.9. The van der Waals surface area contributed by atoms with Crippen LogP contribution in [0.2, 0.25) is 0 Å².